The third-order valence-corrected chi connectivity index (χ3v) is 2.85. The highest BCUT2D eigenvalue weighted by Crippen LogP contribution is 2.15. The maximum Gasteiger partial charge on any atom is 0.222 e. The number of hydrogen-bond donors (Lipinski definition) is 1. The maximum atomic E-state index is 11.6. The predicted octanol–water partition coefficient (Wildman–Crippen LogP) is 0.644. The molecule has 4 nitrogen and oxygen atoms in total. The van der Waals surface area contributed by atoms with E-state index in [2.05, 4.69) is 0 Å². The minimum atomic E-state index is 0.0941. The first-order chi connectivity index (χ1) is 7.24. The molecule has 0 aromatic rings. The summed E-state index contributed by atoms with van der Waals surface area (Å²) in [6.07, 6.45) is 3.13. The average molecular weight is 215 g/mol. The Kier molecular flexibility index (Phi) is 5.65. The van der Waals surface area contributed by atoms with E-state index in [0.717, 1.165) is 32.6 Å². The molecule has 0 radical (unpaired) electrons. The maximum absolute atomic E-state index is 11.6. The Labute approximate surface area is 91.2 Å². The van der Waals surface area contributed by atoms with Crippen LogP contribution >= 0.6 is 0 Å². The van der Waals surface area contributed by atoms with Crippen LogP contribution in [0.15, 0.2) is 0 Å². The topological polar surface area (TPSA) is 49.8 Å². The van der Waals surface area contributed by atoms with Gasteiger partial charge in [-0.2, -0.15) is 0 Å². The molecule has 1 saturated heterocycles. The van der Waals surface area contributed by atoms with Crippen molar-refractivity contribution in [2.24, 2.45) is 5.92 Å². The van der Waals surface area contributed by atoms with Gasteiger partial charge in [-0.3, -0.25) is 4.79 Å². The van der Waals surface area contributed by atoms with E-state index in [1.807, 2.05) is 7.05 Å². The molecule has 0 aliphatic carbocycles. The number of amides is 1. The average Bonchev–Trinajstić information content (AvgIpc) is 2.27. The molecule has 1 aliphatic heterocycles. The van der Waals surface area contributed by atoms with E-state index in [1.54, 1.807) is 4.90 Å². The molecule has 1 heterocycles. The Morgan fingerprint density at radius 1 is 1.47 bits per heavy atom. The van der Waals surface area contributed by atoms with Crippen LogP contribution < -0.4 is 0 Å². The molecule has 0 spiro atoms. The third-order valence-electron chi connectivity index (χ3n) is 2.85. The lowest BCUT2D eigenvalue weighted by Crippen LogP contribution is -2.34. The van der Waals surface area contributed by atoms with Crippen LogP contribution in [0.2, 0.25) is 0 Å². The van der Waals surface area contributed by atoms with E-state index < -0.39 is 0 Å². The summed E-state index contributed by atoms with van der Waals surface area (Å²) in [6.45, 7) is 2.57. The first kappa shape index (κ1) is 12.5. The zero-order chi connectivity index (χ0) is 11.1. The molecule has 4 heteroatoms. The van der Waals surface area contributed by atoms with Crippen LogP contribution in [-0.2, 0) is 9.53 Å². The Bertz CT molecular complexity index is 190. The van der Waals surface area contributed by atoms with Gasteiger partial charge in [0.1, 0.15) is 0 Å². The number of aliphatic hydroxyl groups is 1. The van der Waals surface area contributed by atoms with E-state index in [0.29, 0.717) is 18.8 Å². The number of ether oxygens (including phenoxy) is 1. The lowest BCUT2D eigenvalue weighted by atomic mass is 10.00. The summed E-state index contributed by atoms with van der Waals surface area (Å²) in [5, 5.41) is 8.63. The largest absolute Gasteiger partial charge is 0.396 e. The smallest absolute Gasteiger partial charge is 0.222 e. The fourth-order valence-corrected chi connectivity index (χ4v) is 1.84. The molecular weight excluding hydrogens is 194 g/mol. The molecule has 1 N–H and O–H groups in total. The molecule has 0 unspecified atom stereocenters. The molecule has 88 valence electrons. The highest BCUT2D eigenvalue weighted by molar-refractivity contribution is 5.75. The van der Waals surface area contributed by atoms with Crippen molar-refractivity contribution in [2.45, 2.75) is 25.7 Å². The van der Waals surface area contributed by atoms with Crippen LogP contribution in [0.3, 0.4) is 0 Å². The fourth-order valence-electron chi connectivity index (χ4n) is 1.84. The monoisotopic (exact) mass is 215 g/mol. The quantitative estimate of drug-likeness (QED) is 0.732. The minimum absolute atomic E-state index is 0.0941. The van der Waals surface area contributed by atoms with Crippen LogP contribution in [0, 0.1) is 5.92 Å². The second-order valence-electron chi connectivity index (χ2n) is 4.16. The van der Waals surface area contributed by atoms with Crippen molar-refractivity contribution < 1.29 is 14.6 Å². The van der Waals surface area contributed by atoms with Gasteiger partial charge in [-0.15, -0.1) is 0 Å². The SMILES string of the molecule is CN(CC1CCOCC1)C(=O)CCCO. The Morgan fingerprint density at radius 3 is 2.73 bits per heavy atom. The summed E-state index contributed by atoms with van der Waals surface area (Å²) < 4.78 is 5.27. The normalized spacial score (nSPS) is 17.7. The van der Waals surface area contributed by atoms with Gasteiger partial charge in [0.05, 0.1) is 0 Å². The summed E-state index contributed by atoms with van der Waals surface area (Å²) in [6, 6.07) is 0. The lowest BCUT2D eigenvalue weighted by molar-refractivity contribution is -0.131. The number of aliphatic hydroxyl groups excluding tert-OH is 1. The standard InChI is InChI=1S/C11H21NO3/c1-12(11(14)3-2-6-13)9-10-4-7-15-8-5-10/h10,13H,2-9H2,1H3. The molecule has 0 atom stereocenters. The highest BCUT2D eigenvalue weighted by atomic mass is 16.5. The highest BCUT2D eigenvalue weighted by Gasteiger charge is 2.17. The predicted molar refractivity (Wildman–Crippen MR) is 57.5 cm³/mol. The van der Waals surface area contributed by atoms with Crippen molar-refractivity contribution in [2.75, 3.05) is 33.4 Å². The van der Waals surface area contributed by atoms with E-state index in [-0.39, 0.29) is 12.5 Å². The first-order valence-corrected chi connectivity index (χ1v) is 5.66. The van der Waals surface area contributed by atoms with Gasteiger partial charge in [0.15, 0.2) is 0 Å². The molecule has 0 aromatic heterocycles. The van der Waals surface area contributed by atoms with Gasteiger partial charge in [0.25, 0.3) is 0 Å². The number of nitrogens with zero attached hydrogens (tertiary/aromatic N) is 1. The fraction of sp³-hybridized carbons (Fsp3) is 0.909. The van der Waals surface area contributed by atoms with Crippen LogP contribution in [-0.4, -0.2) is 49.3 Å². The van der Waals surface area contributed by atoms with Gasteiger partial charge in [0, 0.05) is 39.8 Å². The van der Waals surface area contributed by atoms with Crippen LogP contribution in [0.1, 0.15) is 25.7 Å². The van der Waals surface area contributed by atoms with Crippen molar-refractivity contribution >= 4 is 5.91 Å². The second kappa shape index (κ2) is 6.80. The first-order valence-electron chi connectivity index (χ1n) is 5.66. The molecule has 1 rings (SSSR count). The molecule has 1 aliphatic rings. The summed E-state index contributed by atoms with van der Waals surface area (Å²) in [4.78, 5) is 13.3. The van der Waals surface area contributed by atoms with Gasteiger partial charge in [-0.05, 0) is 25.2 Å². The van der Waals surface area contributed by atoms with Crippen LogP contribution in [0.4, 0.5) is 0 Å². The van der Waals surface area contributed by atoms with E-state index >= 15 is 0 Å². The Morgan fingerprint density at radius 2 is 2.13 bits per heavy atom. The van der Waals surface area contributed by atoms with Crippen molar-refractivity contribution in [3.05, 3.63) is 0 Å². The second-order valence-corrected chi connectivity index (χ2v) is 4.16. The van der Waals surface area contributed by atoms with Crippen molar-refractivity contribution in [1.29, 1.82) is 0 Å². The van der Waals surface area contributed by atoms with Crippen LogP contribution in [0.5, 0.6) is 0 Å². The van der Waals surface area contributed by atoms with Crippen molar-refractivity contribution in [3.8, 4) is 0 Å². The number of rotatable bonds is 5. The zero-order valence-corrected chi connectivity index (χ0v) is 9.45. The molecule has 0 aromatic carbocycles. The lowest BCUT2D eigenvalue weighted by Gasteiger charge is -2.27. The van der Waals surface area contributed by atoms with Gasteiger partial charge in [-0.25, -0.2) is 0 Å². The summed E-state index contributed by atoms with van der Waals surface area (Å²) in [5.41, 5.74) is 0. The third kappa shape index (κ3) is 4.62. The molecule has 1 amide bonds. The molecule has 0 saturated carbocycles. The number of hydrogen-bond acceptors (Lipinski definition) is 3. The zero-order valence-electron chi connectivity index (χ0n) is 9.45. The van der Waals surface area contributed by atoms with Gasteiger partial charge < -0.3 is 14.7 Å². The Hall–Kier alpha value is -0.610. The van der Waals surface area contributed by atoms with Crippen LogP contribution in [0.25, 0.3) is 0 Å². The molecular formula is C11H21NO3. The minimum Gasteiger partial charge on any atom is -0.396 e. The van der Waals surface area contributed by atoms with E-state index in [1.165, 1.54) is 0 Å². The molecule has 0 bridgehead atoms. The van der Waals surface area contributed by atoms with Gasteiger partial charge in [-0.1, -0.05) is 0 Å². The van der Waals surface area contributed by atoms with Gasteiger partial charge >= 0.3 is 0 Å². The van der Waals surface area contributed by atoms with E-state index in [9.17, 15) is 4.79 Å². The summed E-state index contributed by atoms with van der Waals surface area (Å²) in [7, 11) is 1.84. The Balaban J connectivity index is 2.20. The molecule has 1 fully saturated rings. The van der Waals surface area contributed by atoms with E-state index in [4.69, 9.17) is 9.84 Å². The number of carbonyl (C=O) groups excluding carboxylic acids is 1. The number of carbonyl (C=O) groups is 1. The van der Waals surface area contributed by atoms with Gasteiger partial charge in [0.2, 0.25) is 5.91 Å². The molecule has 15 heavy (non-hydrogen) atoms. The summed E-state index contributed by atoms with van der Waals surface area (Å²) >= 11 is 0. The summed E-state index contributed by atoms with van der Waals surface area (Å²) in [5.74, 6) is 0.720. The van der Waals surface area contributed by atoms with Crippen molar-refractivity contribution in [3.63, 3.8) is 0 Å². The van der Waals surface area contributed by atoms with Crippen molar-refractivity contribution in [1.82, 2.24) is 4.90 Å².